The number of aromatic nitrogens is 1. The Morgan fingerprint density at radius 2 is 1.96 bits per heavy atom. The fourth-order valence-electron chi connectivity index (χ4n) is 5.03. The van der Waals surface area contributed by atoms with E-state index in [0.717, 1.165) is 22.6 Å². The van der Waals surface area contributed by atoms with Crippen LogP contribution >= 0.6 is 23.1 Å². The van der Waals surface area contributed by atoms with Gasteiger partial charge in [0.05, 0.1) is 12.1 Å². The minimum atomic E-state index is 0.0910. The summed E-state index contributed by atoms with van der Waals surface area (Å²) in [5, 5.41) is 1.81. The van der Waals surface area contributed by atoms with Crippen molar-refractivity contribution in [3.63, 3.8) is 0 Å². The zero-order chi connectivity index (χ0) is 15.6. The third-order valence-electron chi connectivity index (χ3n) is 5.94. The van der Waals surface area contributed by atoms with Crippen LogP contribution < -0.4 is 9.61 Å². The Balaban J connectivity index is 1.64. The molecule has 3 nitrogen and oxygen atoms in total. The number of nitrogens with one attached hydrogen (secondary N) is 1. The van der Waals surface area contributed by atoms with Crippen molar-refractivity contribution in [2.75, 3.05) is 7.11 Å². The number of thiazole rings is 1. The van der Waals surface area contributed by atoms with E-state index in [2.05, 4.69) is 17.1 Å². The van der Waals surface area contributed by atoms with Crippen LogP contribution in [0.1, 0.15) is 35.6 Å². The van der Waals surface area contributed by atoms with Crippen molar-refractivity contribution in [2.45, 2.75) is 35.5 Å². The maximum atomic E-state index is 12.0. The third-order valence-corrected chi connectivity index (χ3v) is 8.56. The quantitative estimate of drug-likeness (QED) is 0.891. The first kappa shape index (κ1) is 14.2. The SMILES string of the molecule is COc1ccc([C@@H]2c3sc(=O)[nH]c3S[C@H]3[C@@H]4CC[C@H](C4)[C@H]23)cc1. The largest absolute Gasteiger partial charge is 0.497 e. The zero-order valence-electron chi connectivity index (χ0n) is 13.0. The summed E-state index contributed by atoms with van der Waals surface area (Å²) in [6, 6.07) is 8.48. The van der Waals surface area contributed by atoms with Gasteiger partial charge in [0.25, 0.3) is 0 Å². The van der Waals surface area contributed by atoms with Gasteiger partial charge in [0.1, 0.15) is 5.75 Å². The fraction of sp³-hybridized carbons (Fsp3) is 0.500. The molecule has 5 heteroatoms. The first-order chi connectivity index (χ1) is 11.2. The number of fused-ring (bicyclic) bond motifs is 6. The van der Waals surface area contributed by atoms with Crippen molar-refractivity contribution < 1.29 is 4.74 Å². The number of rotatable bonds is 2. The van der Waals surface area contributed by atoms with Gasteiger partial charge < -0.3 is 9.72 Å². The second-order valence-electron chi connectivity index (χ2n) is 6.95. The normalized spacial score (nSPS) is 34.2. The lowest BCUT2D eigenvalue weighted by molar-refractivity contribution is 0.307. The van der Waals surface area contributed by atoms with E-state index in [-0.39, 0.29) is 4.87 Å². The number of hydrogen-bond donors (Lipinski definition) is 1. The summed E-state index contributed by atoms with van der Waals surface area (Å²) in [7, 11) is 1.70. The molecule has 0 spiro atoms. The molecule has 2 aromatic rings. The topological polar surface area (TPSA) is 42.1 Å². The van der Waals surface area contributed by atoms with Crippen LogP contribution in [-0.2, 0) is 0 Å². The minimum absolute atomic E-state index is 0.0910. The number of methoxy groups -OCH3 is 1. The molecule has 5 rings (SSSR count). The maximum Gasteiger partial charge on any atom is 0.305 e. The van der Waals surface area contributed by atoms with Crippen molar-refractivity contribution in [3.8, 4) is 5.75 Å². The first-order valence-electron chi connectivity index (χ1n) is 8.28. The standard InChI is InChI=1S/C18H19NO2S2/c1-21-12-6-4-9(5-7-12)13-14-10-2-3-11(8-10)15(14)22-17-16(13)23-18(20)19-17/h4-7,10-11,13-15H,2-3,8H2,1H3,(H,19,20)/t10-,11-,13+,14-,15+/m1/s1. The molecule has 2 fully saturated rings. The monoisotopic (exact) mass is 345 g/mol. The predicted molar refractivity (Wildman–Crippen MR) is 93.7 cm³/mol. The van der Waals surface area contributed by atoms with Gasteiger partial charge in [-0.1, -0.05) is 23.5 Å². The molecule has 1 N–H and O–H groups in total. The van der Waals surface area contributed by atoms with Gasteiger partial charge in [-0.3, -0.25) is 4.79 Å². The first-order valence-corrected chi connectivity index (χ1v) is 9.98. The lowest BCUT2D eigenvalue weighted by Gasteiger charge is -2.40. The van der Waals surface area contributed by atoms with Crippen molar-refractivity contribution >= 4 is 23.1 Å². The maximum absolute atomic E-state index is 12.0. The number of benzene rings is 1. The highest BCUT2D eigenvalue weighted by Crippen LogP contribution is 2.63. The molecule has 1 aromatic heterocycles. The molecule has 0 radical (unpaired) electrons. The van der Waals surface area contributed by atoms with Crippen LogP contribution in [0.4, 0.5) is 0 Å². The van der Waals surface area contributed by atoms with Gasteiger partial charge in [-0.2, -0.15) is 0 Å². The summed E-state index contributed by atoms with van der Waals surface area (Å²) in [6.45, 7) is 0. The smallest absolute Gasteiger partial charge is 0.305 e. The van der Waals surface area contributed by atoms with Crippen LogP contribution in [0.5, 0.6) is 5.75 Å². The zero-order valence-corrected chi connectivity index (χ0v) is 14.6. The number of ether oxygens (including phenoxy) is 1. The number of thioether (sulfide) groups is 1. The highest BCUT2D eigenvalue weighted by molar-refractivity contribution is 8.00. The Morgan fingerprint density at radius 1 is 1.17 bits per heavy atom. The van der Waals surface area contributed by atoms with Crippen molar-refractivity contribution in [2.24, 2.45) is 17.8 Å². The summed E-state index contributed by atoms with van der Waals surface area (Å²) in [5.74, 6) is 3.63. The minimum Gasteiger partial charge on any atom is -0.497 e. The molecule has 3 aliphatic rings. The van der Waals surface area contributed by atoms with Crippen LogP contribution in [0.15, 0.2) is 34.1 Å². The molecule has 0 unspecified atom stereocenters. The van der Waals surface area contributed by atoms with Crippen LogP contribution in [-0.4, -0.2) is 17.3 Å². The number of aromatic amines is 1. The number of hydrogen-bond acceptors (Lipinski definition) is 4. The van der Waals surface area contributed by atoms with Gasteiger partial charge in [-0.05, 0) is 54.7 Å². The molecule has 0 saturated heterocycles. The van der Waals surface area contributed by atoms with E-state index in [1.165, 1.54) is 41.0 Å². The van der Waals surface area contributed by atoms with Crippen LogP contribution in [0.3, 0.4) is 0 Å². The van der Waals surface area contributed by atoms with Gasteiger partial charge in [0.2, 0.25) is 0 Å². The van der Waals surface area contributed by atoms with Crippen molar-refractivity contribution in [1.29, 1.82) is 0 Å². The average Bonchev–Trinajstić information content (AvgIpc) is 3.26. The molecule has 2 saturated carbocycles. The van der Waals surface area contributed by atoms with Crippen LogP contribution in [0.25, 0.3) is 0 Å². The Hall–Kier alpha value is -1.20. The summed E-state index contributed by atoms with van der Waals surface area (Å²) in [5.41, 5.74) is 1.34. The molecule has 1 aliphatic heterocycles. The molecule has 2 bridgehead atoms. The molecule has 5 atom stereocenters. The summed E-state index contributed by atoms with van der Waals surface area (Å²) in [6.07, 6.45) is 4.12. The average molecular weight is 345 g/mol. The van der Waals surface area contributed by atoms with Gasteiger partial charge in [-0.15, -0.1) is 11.8 Å². The van der Waals surface area contributed by atoms with E-state index in [0.29, 0.717) is 17.1 Å². The van der Waals surface area contributed by atoms with E-state index in [4.69, 9.17) is 4.74 Å². The molecule has 2 heterocycles. The van der Waals surface area contributed by atoms with Crippen molar-refractivity contribution in [3.05, 3.63) is 44.4 Å². The highest BCUT2D eigenvalue weighted by Gasteiger charge is 2.54. The van der Waals surface area contributed by atoms with Crippen LogP contribution in [0.2, 0.25) is 0 Å². The Labute approximate surface area is 143 Å². The lowest BCUT2D eigenvalue weighted by atomic mass is 9.75. The summed E-state index contributed by atoms with van der Waals surface area (Å²) < 4.78 is 5.31. The molecule has 1 aromatic carbocycles. The van der Waals surface area contributed by atoms with E-state index >= 15 is 0 Å². The third kappa shape index (κ3) is 2.06. The highest BCUT2D eigenvalue weighted by atomic mass is 32.2. The van der Waals surface area contributed by atoms with Gasteiger partial charge in [0, 0.05) is 16.0 Å². The van der Waals surface area contributed by atoms with Gasteiger partial charge in [0.15, 0.2) is 0 Å². The predicted octanol–water partition coefficient (Wildman–Crippen LogP) is 4.10. The molecule has 23 heavy (non-hydrogen) atoms. The summed E-state index contributed by atoms with van der Waals surface area (Å²) in [4.78, 5) is 16.4. The second kappa shape index (κ2) is 5.15. The molecule has 2 aliphatic carbocycles. The number of H-pyrrole nitrogens is 1. The summed E-state index contributed by atoms with van der Waals surface area (Å²) >= 11 is 3.36. The van der Waals surface area contributed by atoms with Gasteiger partial charge >= 0.3 is 4.87 Å². The molecule has 120 valence electrons. The molecular weight excluding hydrogens is 326 g/mol. The Morgan fingerprint density at radius 3 is 2.74 bits per heavy atom. The van der Waals surface area contributed by atoms with E-state index in [9.17, 15) is 4.79 Å². The second-order valence-corrected chi connectivity index (χ2v) is 9.15. The Bertz CT molecular complexity index is 794. The van der Waals surface area contributed by atoms with Crippen molar-refractivity contribution in [1.82, 2.24) is 4.98 Å². The van der Waals surface area contributed by atoms with E-state index in [1.807, 2.05) is 23.9 Å². The fourth-order valence-corrected chi connectivity index (χ4v) is 7.93. The molecular formula is C18H19NO2S2. The van der Waals surface area contributed by atoms with E-state index < -0.39 is 0 Å². The Kier molecular flexibility index (Phi) is 3.17. The molecule has 0 amide bonds. The lowest BCUT2D eigenvalue weighted by Crippen LogP contribution is -2.33. The van der Waals surface area contributed by atoms with E-state index in [1.54, 1.807) is 7.11 Å². The van der Waals surface area contributed by atoms with Gasteiger partial charge in [-0.25, -0.2) is 0 Å². The van der Waals surface area contributed by atoms with Crippen LogP contribution in [0, 0.1) is 17.8 Å².